The minimum absolute atomic E-state index is 0.0427. The van der Waals surface area contributed by atoms with Crippen molar-refractivity contribution in [3.8, 4) is 17.2 Å². The van der Waals surface area contributed by atoms with Crippen LogP contribution in [-0.2, 0) is 14.4 Å². The largest absolute Gasteiger partial charge is 0.507 e. The zero-order chi connectivity index (χ0) is 29.5. The highest BCUT2D eigenvalue weighted by Gasteiger charge is 2.48. The van der Waals surface area contributed by atoms with Gasteiger partial charge in [0, 0.05) is 12.5 Å². The number of ether oxygens (including phenoxy) is 2. The van der Waals surface area contributed by atoms with Gasteiger partial charge in [-0.25, -0.2) is 0 Å². The van der Waals surface area contributed by atoms with Crippen LogP contribution in [0, 0.1) is 6.92 Å². The molecule has 2 N–H and O–H groups in total. The van der Waals surface area contributed by atoms with Crippen molar-refractivity contribution < 1.29 is 34.1 Å². The molecule has 1 aliphatic heterocycles. The zero-order valence-electron chi connectivity index (χ0n) is 22.5. The lowest BCUT2D eigenvalue weighted by Crippen LogP contribution is -2.29. The molecule has 1 unspecified atom stereocenters. The number of carboxylic acid groups (broad SMARTS) is 1. The van der Waals surface area contributed by atoms with Crippen molar-refractivity contribution in [3.05, 3.63) is 101 Å². The zero-order valence-corrected chi connectivity index (χ0v) is 23.3. The summed E-state index contributed by atoms with van der Waals surface area (Å²) in [6.07, 6.45) is 0. The number of carboxylic acids is 1. The van der Waals surface area contributed by atoms with Crippen molar-refractivity contribution in [2.45, 2.75) is 26.8 Å². The van der Waals surface area contributed by atoms with Gasteiger partial charge in [0.2, 0.25) is 5.13 Å². The smallest absolute Gasteiger partial charge is 0.301 e. The number of benzene rings is 3. The van der Waals surface area contributed by atoms with Crippen LogP contribution in [-0.4, -0.2) is 44.7 Å². The number of hydrogen-bond donors (Lipinski definition) is 2. The van der Waals surface area contributed by atoms with Crippen molar-refractivity contribution in [2.24, 2.45) is 0 Å². The fourth-order valence-electron chi connectivity index (χ4n) is 4.13. The number of amides is 1. The van der Waals surface area contributed by atoms with Crippen LogP contribution in [0.5, 0.6) is 17.2 Å². The Bertz CT molecular complexity index is 1580. The van der Waals surface area contributed by atoms with Crippen LogP contribution in [0.1, 0.15) is 36.0 Å². The second kappa shape index (κ2) is 12.9. The van der Waals surface area contributed by atoms with Gasteiger partial charge in [-0.3, -0.25) is 19.3 Å². The van der Waals surface area contributed by atoms with Gasteiger partial charge in [-0.1, -0.05) is 41.7 Å². The minimum atomic E-state index is -0.932. The minimum Gasteiger partial charge on any atom is -0.507 e. The first kappa shape index (κ1) is 29.0. The summed E-state index contributed by atoms with van der Waals surface area (Å²) < 4.78 is 11.5. The molecule has 5 rings (SSSR count). The summed E-state index contributed by atoms with van der Waals surface area (Å²) in [5.41, 5.74) is 0.920. The number of aliphatic hydroxyl groups is 1. The second-order valence-corrected chi connectivity index (χ2v) is 9.90. The number of aryl methyl sites for hydroxylation is 1. The second-order valence-electron chi connectivity index (χ2n) is 8.74. The predicted molar refractivity (Wildman–Crippen MR) is 153 cm³/mol. The number of carbonyl (C=O) groups excluding carboxylic acids is 2. The lowest BCUT2D eigenvalue weighted by molar-refractivity contribution is -0.134. The molecule has 1 aliphatic rings. The van der Waals surface area contributed by atoms with Crippen LogP contribution >= 0.6 is 11.3 Å². The van der Waals surface area contributed by atoms with Gasteiger partial charge in [0.1, 0.15) is 28.0 Å². The molecule has 3 aromatic carbocycles. The van der Waals surface area contributed by atoms with Crippen molar-refractivity contribution in [2.75, 3.05) is 11.5 Å². The molecular weight excluding hydrogens is 546 g/mol. The van der Waals surface area contributed by atoms with Crippen molar-refractivity contribution in [3.63, 3.8) is 0 Å². The first-order chi connectivity index (χ1) is 19.7. The van der Waals surface area contributed by atoms with Crippen LogP contribution in [0.3, 0.4) is 0 Å². The van der Waals surface area contributed by atoms with Gasteiger partial charge in [0.15, 0.2) is 0 Å². The van der Waals surface area contributed by atoms with E-state index in [-0.39, 0.29) is 16.5 Å². The van der Waals surface area contributed by atoms with E-state index in [9.17, 15) is 14.7 Å². The van der Waals surface area contributed by atoms with E-state index < -0.39 is 23.7 Å². The molecule has 1 amide bonds. The summed E-state index contributed by atoms with van der Waals surface area (Å²) >= 11 is 1.19. The number of ketones is 1. The molecule has 41 heavy (non-hydrogen) atoms. The number of para-hydroxylation sites is 1. The molecule has 10 nitrogen and oxygen atoms in total. The fraction of sp³-hybridized carbons (Fsp3) is 0.167. The number of hydrogen-bond acceptors (Lipinski definition) is 9. The van der Waals surface area contributed by atoms with E-state index >= 15 is 0 Å². The molecular formula is C30H27N3O7S. The number of aliphatic carboxylic acids is 1. The van der Waals surface area contributed by atoms with E-state index in [1.54, 1.807) is 55.5 Å². The average molecular weight is 574 g/mol. The quantitative estimate of drug-likeness (QED) is 0.161. The Kier molecular flexibility index (Phi) is 9.10. The van der Waals surface area contributed by atoms with Crippen molar-refractivity contribution >= 4 is 39.9 Å². The Morgan fingerprint density at radius 2 is 1.59 bits per heavy atom. The van der Waals surface area contributed by atoms with E-state index in [0.29, 0.717) is 40.0 Å². The monoisotopic (exact) mass is 573 g/mol. The normalized spacial score (nSPS) is 15.7. The fourth-order valence-corrected chi connectivity index (χ4v) is 4.85. The van der Waals surface area contributed by atoms with Gasteiger partial charge >= 0.3 is 5.91 Å². The Morgan fingerprint density at radius 3 is 2.20 bits per heavy atom. The molecule has 0 spiro atoms. The van der Waals surface area contributed by atoms with Gasteiger partial charge in [0.05, 0.1) is 18.2 Å². The standard InChI is InChI=1S/C28H23N3O5S.C2H4O2/c1-3-35-20-14-12-18(13-15-20)25(32)23-24(31(27(34)26(23)33)28-30-29-17(2)37-28)19-8-7-11-22(16-19)36-21-9-5-4-6-10-21;1-2(3)4/h4-16,24,32H,3H2,1-2H3;1H3,(H,3,4)/b25-23-;. The van der Waals surface area contributed by atoms with Crippen LogP contribution in [0.2, 0.25) is 0 Å². The van der Waals surface area contributed by atoms with Crippen LogP contribution in [0.15, 0.2) is 84.4 Å². The Hall–Kier alpha value is -5.03. The molecule has 11 heteroatoms. The van der Waals surface area contributed by atoms with Gasteiger partial charge in [0.25, 0.3) is 11.8 Å². The van der Waals surface area contributed by atoms with Gasteiger partial charge in [-0.15, -0.1) is 10.2 Å². The highest BCUT2D eigenvalue weighted by atomic mass is 32.1. The molecule has 0 aliphatic carbocycles. The predicted octanol–water partition coefficient (Wildman–Crippen LogP) is 5.75. The average Bonchev–Trinajstić information content (AvgIpc) is 3.49. The highest BCUT2D eigenvalue weighted by Crippen LogP contribution is 2.43. The number of rotatable bonds is 7. The SMILES string of the molecule is CC(=O)O.CCOc1ccc(/C(O)=C2/C(=O)C(=O)N(c3nnc(C)s3)C2c2cccc(Oc3ccccc3)c2)cc1. The molecule has 0 saturated carbocycles. The topological polar surface area (TPSA) is 139 Å². The Balaban J connectivity index is 0.000000909. The van der Waals surface area contributed by atoms with E-state index in [2.05, 4.69) is 10.2 Å². The third kappa shape index (κ3) is 6.76. The highest BCUT2D eigenvalue weighted by molar-refractivity contribution is 7.15. The maximum absolute atomic E-state index is 13.3. The summed E-state index contributed by atoms with van der Waals surface area (Å²) in [4.78, 5) is 36.9. The molecule has 4 aromatic rings. The lowest BCUT2D eigenvalue weighted by atomic mass is 9.95. The Morgan fingerprint density at radius 1 is 0.927 bits per heavy atom. The van der Waals surface area contributed by atoms with Crippen LogP contribution < -0.4 is 14.4 Å². The molecule has 210 valence electrons. The number of carbonyl (C=O) groups is 3. The van der Waals surface area contributed by atoms with Crippen molar-refractivity contribution in [1.82, 2.24) is 10.2 Å². The van der Waals surface area contributed by atoms with E-state index in [4.69, 9.17) is 19.4 Å². The first-order valence-electron chi connectivity index (χ1n) is 12.6. The molecule has 1 atom stereocenters. The first-order valence-corrected chi connectivity index (χ1v) is 13.4. The summed E-state index contributed by atoms with van der Waals surface area (Å²) in [6.45, 7) is 5.22. The van der Waals surface area contributed by atoms with Crippen LogP contribution in [0.25, 0.3) is 5.76 Å². The maximum atomic E-state index is 13.3. The number of Topliss-reactive ketones (excluding diaryl/α,β-unsaturated/α-hetero) is 1. The molecule has 0 radical (unpaired) electrons. The number of anilines is 1. The maximum Gasteiger partial charge on any atom is 0.301 e. The summed E-state index contributed by atoms with van der Waals surface area (Å²) in [5.74, 6) is -0.927. The molecule has 2 heterocycles. The van der Waals surface area contributed by atoms with E-state index in [1.807, 2.05) is 37.3 Å². The summed E-state index contributed by atoms with van der Waals surface area (Å²) in [5, 5.41) is 27.8. The Labute approximate surface area is 240 Å². The molecule has 1 saturated heterocycles. The van der Waals surface area contributed by atoms with Gasteiger partial charge in [-0.2, -0.15) is 0 Å². The van der Waals surface area contributed by atoms with Crippen LogP contribution in [0.4, 0.5) is 5.13 Å². The molecule has 1 fully saturated rings. The van der Waals surface area contributed by atoms with E-state index in [0.717, 1.165) is 6.92 Å². The molecule has 0 bridgehead atoms. The third-order valence-electron chi connectivity index (χ3n) is 5.76. The van der Waals surface area contributed by atoms with Crippen molar-refractivity contribution in [1.29, 1.82) is 0 Å². The van der Waals surface area contributed by atoms with Gasteiger partial charge < -0.3 is 19.7 Å². The molecule has 1 aromatic heterocycles. The number of aliphatic hydroxyl groups excluding tert-OH is 1. The third-order valence-corrected chi connectivity index (χ3v) is 6.60. The number of aromatic nitrogens is 2. The van der Waals surface area contributed by atoms with Gasteiger partial charge in [-0.05, 0) is 67.9 Å². The van der Waals surface area contributed by atoms with E-state index in [1.165, 1.54) is 16.2 Å². The lowest BCUT2D eigenvalue weighted by Gasteiger charge is -2.23. The summed E-state index contributed by atoms with van der Waals surface area (Å²) in [7, 11) is 0. The number of nitrogens with zero attached hydrogens (tertiary/aromatic N) is 3. The summed E-state index contributed by atoms with van der Waals surface area (Å²) in [6, 6.07) is 22.1.